The number of carbonyl (C=O) groups excluding carboxylic acids is 1. The minimum absolute atomic E-state index is 0.0289. The second kappa shape index (κ2) is 6.54. The molecule has 1 saturated heterocycles. The van der Waals surface area contributed by atoms with E-state index >= 15 is 0 Å². The molecule has 0 N–H and O–H groups in total. The number of hydrogen-bond acceptors (Lipinski definition) is 6. The number of aromatic nitrogens is 1. The molecule has 0 unspecified atom stereocenters. The van der Waals surface area contributed by atoms with Gasteiger partial charge in [0, 0.05) is 12.3 Å². The van der Waals surface area contributed by atoms with Gasteiger partial charge in [-0.15, -0.1) is 23.1 Å². The van der Waals surface area contributed by atoms with Crippen molar-refractivity contribution >= 4 is 29.1 Å². The van der Waals surface area contributed by atoms with Crippen LogP contribution in [0.25, 0.3) is 0 Å². The fraction of sp³-hybridized carbons (Fsp3) is 0.667. The number of thiazole rings is 1. The summed E-state index contributed by atoms with van der Waals surface area (Å²) in [6.07, 6.45) is 3.94. The molecular weight excluding hydrogens is 268 g/mol. The smallest absolute Gasteiger partial charge is 0.323 e. The summed E-state index contributed by atoms with van der Waals surface area (Å²) >= 11 is 3.54. The second-order valence-corrected chi connectivity index (χ2v) is 6.89. The van der Waals surface area contributed by atoms with Gasteiger partial charge in [0.2, 0.25) is 0 Å². The zero-order valence-electron chi connectivity index (χ0n) is 10.7. The molecular formula is C12H18N2O2S2. The van der Waals surface area contributed by atoms with Crippen molar-refractivity contribution in [3.8, 4) is 0 Å². The predicted octanol–water partition coefficient (Wildman–Crippen LogP) is 2.18. The van der Waals surface area contributed by atoms with Crippen LogP contribution in [-0.2, 0) is 9.53 Å². The van der Waals surface area contributed by atoms with Crippen LogP contribution in [0.15, 0.2) is 10.4 Å². The molecule has 0 radical (unpaired) electrons. The van der Waals surface area contributed by atoms with Crippen LogP contribution >= 0.6 is 23.1 Å². The zero-order chi connectivity index (χ0) is 13.0. The maximum atomic E-state index is 11.6. The van der Waals surface area contributed by atoms with Crippen molar-refractivity contribution < 1.29 is 9.53 Å². The van der Waals surface area contributed by atoms with Gasteiger partial charge in [-0.1, -0.05) is 0 Å². The third-order valence-corrected chi connectivity index (χ3v) is 5.15. The molecule has 1 aliphatic heterocycles. The van der Waals surface area contributed by atoms with E-state index in [1.807, 2.05) is 24.9 Å². The van der Waals surface area contributed by atoms with E-state index in [0.29, 0.717) is 0 Å². The monoisotopic (exact) mass is 286 g/mol. The first-order chi connectivity index (χ1) is 8.70. The first-order valence-electron chi connectivity index (χ1n) is 6.08. The van der Waals surface area contributed by atoms with Crippen molar-refractivity contribution in [3.63, 3.8) is 0 Å². The highest BCUT2D eigenvalue weighted by Crippen LogP contribution is 2.26. The third-order valence-electron chi connectivity index (χ3n) is 3.06. The van der Waals surface area contributed by atoms with Gasteiger partial charge < -0.3 is 4.74 Å². The van der Waals surface area contributed by atoms with Crippen molar-refractivity contribution in [2.75, 3.05) is 26.0 Å². The lowest BCUT2D eigenvalue weighted by molar-refractivity contribution is -0.145. The van der Waals surface area contributed by atoms with Crippen LogP contribution in [0.1, 0.15) is 17.8 Å². The van der Waals surface area contributed by atoms with Crippen LogP contribution in [0.2, 0.25) is 0 Å². The quantitative estimate of drug-likeness (QED) is 0.613. The lowest BCUT2D eigenvalue weighted by Crippen LogP contribution is -2.38. The molecule has 0 amide bonds. The van der Waals surface area contributed by atoms with Crippen LogP contribution in [-0.4, -0.2) is 47.8 Å². The lowest BCUT2D eigenvalue weighted by atomic mass is 10.2. The number of nitrogens with zero attached hydrogens (tertiary/aromatic N) is 2. The minimum Gasteiger partial charge on any atom is -0.468 e. The van der Waals surface area contributed by atoms with Gasteiger partial charge >= 0.3 is 5.97 Å². The predicted molar refractivity (Wildman–Crippen MR) is 74.2 cm³/mol. The second-order valence-electron chi connectivity index (χ2n) is 4.26. The van der Waals surface area contributed by atoms with E-state index in [0.717, 1.165) is 36.7 Å². The summed E-state index contributed by atoms with van der Waals surface area (Å²) in [5.74, 6) is 0.904. The van der Waals surface area contributed by atoms with E-state index in [4.69, 9.17) is 4.74 Å². The summed E-state index contributed by atoms with van der Waals surface area (Å²) in [5, 5.41) is 1.10. The van der Waals surface area contributed by atoms with Crippen LogP contribution in [0.3, 0.4) is 0 Å². The number of aryl methyl sites for hydroxylation is 1. The molecule has 0 spiro atoms. The molecule has 4 nitrogen and oxygen atoms in total. The highest BCUT2D eigenvalue weighted by molar-refractivity contribution is 8.01. The standard InChI is InChI=1S/C12H18N2O2S2/c1-9-13-8-11(18-9)17-7-6-14-5-3-4-10(14)12(15)16-2/h8,10H,3-7H2,1-2H3/t10-/m0/s1. The van der Waals surface area contributed by atoms with Crippen molar-refractivity contribution in [3.05, 3.63) is 11.2 Å². The number of likely N-dealkylation sites (tertiary alicyclic amines) is 1. The summed E-state index contributed by atoms with van der Waals surface area (Å²) in [4.78, 5) is 18.0. The molecule has 0 aromatic carbocycles. The van der Waals surface area contributed by atoms with Crippen LogP contribution < -0.4 is 0 Å². The van der Waals surface area contributed by atoms with E-state index in [2.05, 4.69) is 9.88 Å². The minimum atomic E-state index is -0.0915. The van der Waals surface area contributed by atoms with Crippen molar-refractivity contribution in [1.82, 2.24) is 9.88 Å². The first kappa shape index (κ1) is 13.8. The molecule has 6 heteroatoms. The van der Waals surface area contributed by atoms with Gasteiger partial charge in [-0.2, -0.15) is 0 Å². The Morgan fingerprint density at radius 1 is 1.72 bits per heavy atom. The molecule has 2 heterocycles. The van der Waals surface area contributed by atoms with Crippen molar-refractivity contribution in [2.24, 2.45) is 0 Å². The average Bonchev–Trinajstić information content (AvgIpc) is 2.98. The maximum Gasteiger partial charge on any atom is 0.323 e. The Kier molecular flexibility index (Phi) is 5.03. The molecule has 2 rings (SSSR count). The zero-order valence-corrected chi connectivity index (χ0v) is 12.4. The molecule has 18 heavy (non-hydrogen) atoms. The van der Waals surface area contributed by atoms with Gasteiger partial charge in [-0.25, -0.2) is 4.98 Å². The van der Waals surface area contributed by atoms with Crippen LogP contribution in [0, 0.1) is 6.92 Å². The molecule has 0 bridgehead atoms. The molecule has 1 fully saturated rings. The number of thioether (sulfide) groups is 1. The fourth-order valence-electron chi connectivity index (χ4n) is 2.17. The van der Waals surface area contributed by atoms with Crippen molar-refractivity contribution in [1.29, 1.82) is 0 Å². The Hall–Kier alpha value is -0.590. The molecule has 0 aliphatic carbocycles. The summed E-state index contributed by atoms with van der Waals surface area (Å²) in [6.45, 7) is 3.95. The van der Waals surface area contributed by atoms with Gasteiger partial charge in [0.25, 0.3) is 0 Å². The summed E-state index contributed by atoms with van der Waals surface area (Å²) in [5.41, 5.74) is 0. The number of hydrogen-bond donors (Lipinski definition) is 0. The molecule has 0 saturated carbocycles. The number of rotatable bonds is 5. The summed E-state index contributed by atoms with van der Waals surface area (Å²) in [6, 6.07) is -0.0289. The van der Waals surface area contributed by atoms with Gasteiger partial charge in [0.15, 0.2) is 0 Å². The van der Waals surface area contributed by atoms with E-state index in [1.54, 1.807) is 11.3 Å². The highest BCUT2D eigenvalue weighted by Gasteiger charge is 2.30. The highest BCUT2D eigenvalue weighted by atomic mass is 32.2. The van der Waals surface area contributed by atoms with Gasteiger partial charge in [0.1, 0.15) is 6.04 Å². The van der Waals surface area contributed by atoms with E-state index in [1.165, 1.54) is 11.3 Å². The number of ether oxygens (including phenoxy) is 1. The maximum absolute atomic E-state index is 11.6. The van der Waals surface area contributed by atoms with Gasteiger partial charge in [-0.05, 0) is 26.3 Å². The Balaban J connectivity index is 1.77. The summed E-state index contributed by atoms with van der Waals surface area (Å²) < 4.78 is 6.09. The van der Waals surface area contributed by atoms with Crippen LogP contribution in [0.4, 0.5) is 0 Å². The lowest BCUT2D eigenvalue weighted by Gasteiger charge is -2.21. The topological polar surface area (TPSA) is 42.4 Å². The number of esters is 1. The van der Waals surface area contributed by atoms with E-state index in [-0.39, 0.29) is 12.0 Å². The van der Waals surface area contributed by atoms with E-state index < -0.39 is 0 Å². The number of carbonyl (C=O) groups is 1. The Bertz CT molecular complexity index is 409. The largest absolute Gasteiger partial charge is 0.468 e. The Morgan fingerprint density at radius 2 is 2.56 bits per heavy atom. The molecule has 100 valence electrons. The molecule has 1 aliphatic rings. The Morgan fingerprint density at radius 3 is 3.22 bits per heavy atom. The first-order valence-corrected chi connectivity index (χ1v) is 7.88. The molecule has 1 atom stereocenters. The fourth-order valence-corrected chi connectivity index (χ4v) is 4.17. The van der Waals surface area contributed by atoms with Gasteiger partial charge in [-0.3, -0.25) is 9.69 Å². The average molecular weight is 286 g/mol. The van der Waals surface area contributed by atoms with Gasteiger partial charge in [0.05, 0.1) is 22.5 Å². The summed E-state index contributed by atoms with van der Waals surface area (Å²) in [7, 11) is 1.47. The van der Waals surface area contributed by atoms with Crippen molar-refractivity contribution in [2.45, 2.75) is 30.0 Å². The third kappa shape index (κ3) is 3.46. The Labute approximate surface area is 116 Å². The normalized spacial score (nSPS) is 20.2. The van der Waals surface area contributed by atoms with E-state index in [9.17, 15) is 4.79 Å². The van der Waals surface area contributed by atoms with Crippen LogP contribution in [0.5, 0.6) is 0 Å². The molecule has 1 aromatic heterocycles. The SMILES string of the molecule is COC(=O)[C@@H]1CCCN1CCSc1cnc(C)s1. The molecule has 1 aromatic rings. The number of methoxy groups -OCH3 is 1.